The molecule has 24 heavy (non-hydrogen) atoms. The van der Waals surface area contributed by atoms with Crippen molar-refractivity contribution < 1.29 is 9.34 Å². The standard InChI is InChI=1S/C12H8N6O3S3/c19-18(20)9-8(14-11-17(9)3-5-22-11)23-12-16-15-10(24-12)13-6-7-2-1-4-21-7/h1-5H,6H2,(H,13,15). The maximum absolute atomic E-state index is 11.3. The van der Waals surface area contributed by atoms with Gasteiger partial charge in [0, 0.05) is 5.38 Å². The zero-order chi connectivity index (χ0) is 16.5. The lowest BCUT2D eigenvalue weighted by molar-refractivity contribution is -0.393. The topological polar surface area (TPSA) is 111 Å². The minimum absolute atomic E-state index is 0.0588. The van der Waals surface area contributed by atoms with E-state index in [-0.39, 0.29) is 5.82 Å². The number of thiazole rings is 1. The first-order valence-corrected chi connectivity index (χ1v) is 9.09. The first-order valence-electron chi connectivity index (χ1n) is 6.58. The Hall–Kier alpha value is -2.44. The highest BCUT2D eigenvalue weighted by atomic mass is 32.2. The van der Waals surface area contributed by atoms with E-state index in [1.165, 1.54) is 27.1 Å². The molecule has 12 heteroatoms. The summed E-state index contributed by atoms with van der Waals surface area (Å²) >= 11 is 3.77. The highest BCUT2D eigenvalue weighted by Gasteiger charge is 2.25. The Kier molecular flexibility index (Phi) is 3.92. The van der Waals surface area contributed by atoms with Crippen molar-refractivity contribution in [2.24, 2.45) is 0 Å². The zero-order valence-electron chi connectivity index (χ0n) is 11.8. The fourth-order valence-corrected chi connectivity index (χ4v) is 4.49. The molecule has 0 bridgehead atoms. The number of imidazole rings is 1. The third-order valence-corrected chi connectivity index (χ3v) is 5.62. The van der Waals surface area contributed by atoms with Crippen molar-refractivity contribution in [1.82, 2.24) is 19.6 Å². The van der Waals surface area contributed by atoms with Gasteiger partial charge in [0.2, 0.25) is 10.2 Å². The number of hydrogen-bond acceptors (Lipinski definition) is 10. The summed E-state index contributed by atoms with van der Waals surface area (Å²) < 4.78 is 7.26. The second-order valence-electron chi connectivity index (χ2n) is 4.46. The Labute approximate surface area is 146 Å². The van der Waals surface area contributed by atoms with E-state index < -0.39 is 4.92 Å². The van der Waals surface area contributed by atoms with Gasteiger partial charge in [0.05, 0.1) is 12.8 Å². The van der Waals surface area contributed by atoms with E-state index in [1.807, 2.05) is 12.1 Å². The molecular weight excluding hydrogens is 372 g/mol. The van der Waals surface area contributed by atoms with E-state index in [2.05, 4.69) is 20.5 Å². The van der Waals surface area contributed by atoms with Crippen molar-refractivity contribution in [2.45, 2.75) is 15.9 Å². The number of nitrogens with zero attached hydrogens (tertiary/aromatic N) is 5. The summed E-state index contributed by atoms with van der Waals surface area (Å²) in [6, 6.07) is 3.66. The van der Waals surface area contributed by atoms with Crippen LogP contribution in [0.25, 0.3) is 4.96 Å². The van der Waals surface area contributed by atoms with Gasteiger partial charge in [-0.2, -0.15) is 9.38 Å². The normalized spacial score (nSPS) is 11.2. The summed E-state index contributed by atoms with van der Waals surface area (Å²) in [6.07, 6.45) is 3.23. The number of aromatic nitrogens is 4. The minimum Gasteiger partial charge on any atom is -0.467 e. The smallest absolute Gasteiger partial charge is 0.363 e. The molecule has 0 atom stereocenters. The second-order valence-corrected chi connectivity index (χ2v) is 7.55. The van der Waals surface area contributed by atoms with Gasteiger partial charge in [-0.25, -0.2) is 0 Å². The SMILES string of the molecule is O=[N+]([O-])c1c(Sc2nnc(NCc3ccco3)s2)nc2sccn12. The molecule has 0 aliphatic carbocycles. The number of rotatable bonds is 6. The van der Waals surface area contributed by atoms with E-state index in [4.69, 9.17) is 4.42 Å². The van der Waals surface area contributed by atoms with Crippen LogP contribution < -0.4 is 5.32 Å². The van der Waals surface area contributed by atoms with Crippen LogP contribution >= 0.6 is 34.4 Å². The van der Waals surface area contributed by atoms with Crippen LogP contribution in [0.1, 0.15) is 5.76 Å². The Morgan fingerprint density at radius 3 is 3.17 bits per heavy atom. The van der Waals surface area contributed by atoms with Crippen molar-refractivity contribution in [3.63, 3.8) is 0 Å². The summed E-state index contributed by atoms with van der Waals surface area (Å²) in [5, 5.41) is 25.1. The Morgan fingerprint density at radius 2 is 2.38 bits per heavy atom. The lowest BCUT2D eigenvalue weighted by Crippen LogP contribution is -1.96. The van der Waals surface area contributed by atoms with Crippen LogP contribution in [0.5, 0.6) is 0 Å². The van der Waals surface area contributed by atoms with Crippen LogP contribution in [-0.2, 0) is 6.54 Å². The van der Waals surface area contributed by atoms with Gasteiger partial charge in [-0.3, -0.25) is 0 Å². The van der Waals surface area contributed by atoms with Crippen LogP contribution in [0.2, 0.25) is 0 Å². The fraction of sp³-hybridized carbons (Fsp3) is 0.0833. The van der Waals surface area contributed by atoms with Crippen molar-refractivity contribution in [1.29, 1.82) is 0 Å². The minimum atomic E-state index is -0.438. The van der Waals surface area contributed by atoms with Crippen molar-refractivity contribution in [3.05, 3.63) is 45.8 Å². The van der Waals surface area contributed by atoms with Crippen molar-refractivity contribution in [2.75, 3.05) is 5.32 Å². The molecule has 4 aromatic heterocycles. The molecular formula is C12H8N6O3S3. The molecule has 0 radical (unpaired) electrons. The molecule has 4 heterocycles. The molecule has 1 N–H and O–H groups in total. The van der Waals surface area contributed by atoms with E-state index in [0.717, 1.165) is 17.5 Å². The van der Waals surface area contributed by atoms with Gasteiger partial charge in [0.1, 0.15) is 12.0 Å². The molecule has 0 fully saturated rings. The molecule has 0 spiro atoms. The lowest BCUT2D eigenvalue weighted by atomic mass is 10.4. The van der Waals surface area contributed by atoms with Gasteiger partial charge in [0.25, 0.3) is 4.96 Å². The number of anilines is 1. The van der Waals surface area contributed by atoms with E-state index in [9.17, 15) is 10.1 Å². The Balaban J connectivity index is 1.52. The number of hydrogen-bond donors (Lipinski definition) is 1. The molecule has 0 aliphatic heterocycles. The summed E-state index contributed by atoms with van der Waals surface area (Å²) in [4.78, 5) is 15.7. The van der Waals surface area contributed by atoms with Gasteiger partial charge >= 0.3 is 5.82 Å². The molecule has 0 unspecified atom stereocenters. The van der Waals surface area contributed by atoms with Crippen LogP contribution in [0.3, 0.4) is 0 Å². The molecule has 0 saturated carbocycles. The lowest BCUT2D eigenvalue weighted by Gasteiger charge is -1.97. The Morgan fingerprint density at radius 1 is 1.46 bits per heavy atom. The van der Waals surface area contributed by atoms with E-state index in [0.29, 0.717) is 26.0 Å². The summed E-state index contributed by atoms with van der Waals surface area (Å²) in [5.41, 5.74) is 0. The van der Waals surface area contributed by atoms with Crippen LogP contribution in [0, 0.1) is 10.1 Å². The van der Waals surface area contributed by atoms with Crippen LogP contribution in [0.15, 0.2) is 43.8 Å². The predicted molar refractivity (Wildman–Crippen MR) is 89.8 cm³/mol. The zero-order valence-corrected chi connectivity index (χ0v) is 14.2. The fourth-order valence-electron chi connectivity index (χ4n) is 1.97. The number of nitrogens with one attached hydrogen (secondary N) is 1. The molecule has 0 saturated heterocycles. The highest BCUT2D eigenvalue weighted by molar-refractivity contribution is 8.01. The summed E-state index contributed by atoms with van der Waals surface area (Å²) in [5.74, 6) is 0.723. The maximum atomic E-state index is 11.3. The van der Waals surface area contributed by atoms with Gasteiger partial charge in [-0.15, -0.1) is 10.2 Å². The van der Waals surface area contributed by atoms with Gasteiger partial charge in [-0.05, 0) is 28.8 Å². The van der Waals surface area contributed by atoms with Gasteiger partial charge in [-0.1, -0.05) is 22.7 Å². The number of nitro groups is 1. The monoisotopic (exact) mass is 380 g/mol. The molecule has 9 nitrogen and oxygen atoms in total. The second kappa shape index (κ2) is 6.22. The van der Waals surface area contributed by atoms with Crippen molar-refractivity contribution in [3.8, 4) is 0 Å². The largest absolute Gasteiger partial charge is 0.467 e. The Bertz CT molecular complexity index is 989. The molecule has 0 amide bonds. The average Bonchev–Trinajstić information content (AvgIpc) is 3.30. The van der Waals surface area contributed by atoms with Gasteiger partial charge in [0.15, 0.2) is 4.34 Å². The number of furan rings is 1. The first-order chi connectivity index (χ1) is 11.7. The average molecular weight is 380 g/mol. The van der Waals surface area contributed by atoms with E-state index in [1.54, 1.807) is 17.8 Å². The van der Waals surface area contributed by atoms with Crippen molar-refractivity contribution >= 4 is 50.3 Å². The molecule has 0 aliphatic rings. The molecule has 0 aromatic carbocycles. The summed E-state index contributed by atoms with van der Waals surface area (Å²) in [7, 11) is 0. The third-order valence-electron chi connectivity index (χ3n) is 2.96. The molecule has 4 rings (SSSR count). The molecule has 4 aromatic rings. The quantitative estimate of drug-likeness (QED) is 0.399. The summed E-state index contributed by atoms with van der Waals surface area (Å²) in [6.45, 7) is 0.493. The number of fused-ring (bicyclic) bond motifs is 1. The molecule has 122 valence electrons. The maximum Gasteiger partial charge on any atom is 0.363 e. The van der Waals surface area contributed by atoms with Crippen LogP contribution in [0.4, 0.5) is 10.9 Å². The van der Waals surface area contributed by atoms with E-state index >= 15 is 0 Å². The van der Waals surface area contributed by atoms with Crippen LogP contribution in [-0.4, -0.2) is 24.5 Å². The predicted octanol–water partition coefficient (Wildman–Crippen LogP) is 3.51. The highest BCUT2D eigenvalue weighted by Crippen LogP contribution is 2.38. The third kappa shape index (κ3) is 2.86. The van der Waals surface area contributed by atoms with Gasteiger partial charge < -0.3 is 19.8 Å². The first kappa shape index (κ1) is 15.1.